The predicted octanol–water partition coefficient (Wildman–Crippen LogP) is 2.30. The second-order valence-electron chi connectivity index (χ2n) is 4.94. The fourth-order valence-electron chi connectivity index (χ4n) is 2.37. The molecular formula is C12H26N2. The van der Waals surface area contributed by atoms with Gasteiger partial charge in [-0.05, 0) is 46.2 Å². The van der Waals surface area contributed by atoms with Crippen LogP contribution in [0.25, 0.3) is 0 Å². The molecule has 0 aliphatic heterocycles. The van der Waals surface area contributed by atoms with Gasteiger partial charge in [0, 0.05) is 11.6 Å². The van der Waals surface area contributed by atoms with Crippen LogP contribution in [0.2, 0.25) is 0 Å². The van der Waals surface area contributed by atoms with Crippen molar-refractivity contribution in [1.29, 1.82) is 0 Å². The monoisotopic (exact) mass is 198 g/mol. The highest BCUT2D eigenvalue weighted by Crippen LogP contribution is 2.28. The Morgan fingerprint density at radius 2 is 1.93 bits per heavy atom. The molecule has 2 heteroatoms. The molecular weight excluding hydrogens is 172 g/mol. The van der Waals surface area contributed by atoms with E-state index in [1.54, 1.807) is 0 Å². The van der Waals surface area contributed by atoms with Crippen LogP contribution in [0.1, 0.15) is 52.9 Å². The van der Waals surface area contributed by atoms with Crippen molar-refractivity contribution in [3.05, 3.63) is 0 Å². The Kier molecular flexibility index (Phi) is 4.90. The van der Waals surface area contributed by atoms with Crippen LogP contribution in [-0.2, 0) is 0 Å². The highest BCUT2D eigenvalue weighted by atomic mass is 15.0. The molecule has 2 nitrogen and oxygen atoms in total. The average Bonchev–Trinajstić information content (AvgIpc) is 2.53. The lowest BCUT2D eigenvalue weighted by atomic mass is 10.0. The Labute approximate surface area is 88.8 Å². The Balaban J connectivity index is 2.08. The first kappa shape index (κ1) is 12.0. The van der Waals surface area contributed by atoms with Crippen LogP contribution in [0.15, 0.2) is 0 Å². The molecule has 1 unspecified atom stereocenters. The molecule has 0 aromatic carbocycles. The maximum Gasteiger partial charge on any atom is 0.0153 e. The first-order valence-electron chi connectivity index (χ1n) is 6.15. The largest absolute Gasteiger partial charge is 0.314 e. The number of rotatable bonds is 6. The van der Waals surface area contributed by atoms with Crippen LogP contribution >= 0.6 is 0 Å². The van der Waals surface area contributed by atoms with Gasteiger partial charge in [0.05, 0.1) is 0 Å². The van der Waals surface area contributed by atoms with Crippen molar-refractivity contribution in [3.63, 3.8) is 0 Å². The smallest absolute Gasteiger partial charge is 0.0153 e. The molecule has 84 valence electrons. The van der Waals surface area contributed by atoms with Crippen molar-refractivity contribution in [2.24, 2.45) is 0 Å². The van der Waals surface area contributed by atoms with E-state index in [0.717, 1.165) is 13.1 Å². The van der Waals surface area contributed by atoms with Gasteiger partial charge in [-0.3, -0.25) is 0 Å². The maximum absolute atomic E-state index is 3.71. The van der Waals surface area contributed by atoms with Gasteiger partial charge in [0.1, 0.15) is 0 Å². The topological polar surface area (TPSA) is 24.1 Å². The van der Waals surface area contributed by atoms with Crippen molar-refractivity contribution in [2.45, 2.75) is 64.5 Å². The van der Waals surface area contributed by atoms with Gasteiger partial charge >= 0.3 is 0 Å². The van der Waals surface area contributed by atoms with E-state index in [2.05, 4.69) is 31.4 Å². The molecule has 1 aliphatic rings. The van der Waals surface area contributed by atoms with Gasteiger partial charge in [0.2, 0.25) is 0 Å². The summed E-state index contributed by atoms with van der Waals surface area (Å²) in [7, 11) is 0. The summed E-state index contributed by atoms with van der Waals surface area (Å²) in [5.74, 6) is 0. The highest BCUT2D eigenvalue weighted by Gasteiger charge is 2.27. The van der Waals surface area contributed by atoms with E-state index < -0.39 is 0 Å². The molecule has 0 heterocycles. The molecule has 1 atom stereocenters. The minimum atomic E-state index is 0.450. The fourth-order valence-corrected chi connectivity index (χ4v) is 2.37. The third-order valence-electron chi connectivity index (χ3n) is 3.39. The van der Waals surface area contributed by atoms with E-state index in [9.17, 15) is 0 Å². The lowest BCUT2D eigenvalue weighted by Gasteiger charge is -2.26. The second-order valence-corrected chi connectivity index (χ2v) is 4.94. The summed E-state index contributed by atoms with van der Waals surface area (Å²) in [5.41, 5.74) is 0.450. The van der Waals surface area contributed by atoms with E-state index in [4.69, 9.17) is 0 Å². The summed E-state index contributed by atoms with van der Waals surface area (Å²) in [5, 5.41) is 7.15. The summed E-state index contributed by atoms with van der Waals surface area (Å²) in [6.07, 6.45) is 6.78. The average molecular weight is 198 g/mol. The van der Waals surface area contributed by atoms with Crippen molar-refractivity contribution >= 4 is 0 Å². The minimum absolute atomic E-state index is 0.450. The van der Waals surface area contributed by atoms with Crippen LogP contribution in [0.4, 0.5) is 0 Å². The quantitative estimate of drug-likeness (QED) is 0.684. The lowest BCUT2D eigenvalue weighted by molar-refractivity contribution is 0.351. The normalized spacial score (nSPS) is 22.5. The Morgan fingerprint density at radius 3 is 2.50 bits per heavy atom. The zero-order chi connectivity index (χ0) is 10.4. The van der Waals surface area contributed by atoms with Crippen LogP contribution in [0.3, 0.4) is 0 Å². The SMILES string of the molecule is CCNC(C)CCNC1(C)CCCC1. The molecule has 0 amide bonds. The third kappa shape index (κ3) is 3.97. The molecule has 0 bridgehead atoms. The molecule has 0 radical (unpaired) electrons. The Bertz CT molecular complexity index is 150. The summed E-state index contributed by atoms with van der Waals surface area (Å²) < 4.78 is 0. The number of hydrogen-bond acceptors (Lipinski definition) is 2. The number of hydrogen-bond donors (Lipinski definition) is 2. The Hall–Kier alpha value is -0.0800. The van der Waals surface area contributed by atoms with E-state index >= 15 is 0 Å². The van der Waals surface area contributed by atoms with Crippen LogP contribution in [-0.4, -0.2) is 24.7 Å². The van der Waals surface area contributed by atoms with Crippen LogP contribution in [0.5, 0.6) is 0 Å². The van der Waals surface area contributed by atoms with E-state index in [-0.39, 0.29) is 0 Å². The fraction of sp³-hybridized carbons (Fsp3) is 1.00. The lowest BCUT2D eigenvalue weighted by Crippen LogP contribution is -2.41. The number of nitrogens with one attached hydrogen (secondary N) is 2. The van der Waals surface area contributed by atoms with Gasteiger partial charge in [-0.2, -0.15) is 0 Å². The van der Waals surface area contributed by atoms with Crippen LogP contribution in [0, 0.1) is 0 Å². The van der Waals surface area contributed by atoms with Gasteiger partial charge in [0.15, 0.2) is 0 Å². The molecule has 0 aromatic rings. The first-order chi connectivity index (χ1) is 6.66. The third-order valence-corrected chi connectivity index (χ3v) is 3.39. The van der Waals surface area contributed by atoms with E-state index in [0.29, 0.717) is 11.6 Å². The minimum Gasteiger partial charge on any atom is -0.314 e. The van der Waals surface area contributed by atoms with Crippen LogP contribution < -0.4 is 10.6 Å². The molecule has 0 spiro atoms. The molecule has 14 heavy (non-hydrogen) atoms. The zero-order valence-corrected chi connectivity index (χ0v) is 10.0. The molecule has 1 fully saturated rings. The standard InChI is InChI=1S/C12H26N2/c1-4-13-11(2)7-10-14-12(3)8-5-6-9-12/h11,13-14H,4-10H2,1-3H3. The molecule has 0 aromatic heterocycles. The van der Waals surface area contributed by atoms with E-state index in [1.165, 1.54) is 32.1 Å². The Morgan fingerprint density at radius 1 is 1.29 bits per heavy atom. The van der Waals surface area contributed by atoms with Gasteiger partial charge < -0.3 is 10.6 Å². The van der Waals surface area contributed by atoms with Gasteiger partial charge in [-0.15, -0.1) is 0 Å². The summed E-state index contributed by atoms with van der Waals surface area (Å²) in [6.45, 7) is 9.05. The maximum atomic E-state index is 3.71. The molecule has 1 aliphatic carbocycles. The molecule has 1 saturated carbocycles. The highest BCUT2D eigenvalue weighted by molar-refractivity contribution is 4.88. The zero-order valence-electron chi connectivity index (χ0n) is 10.0. The van der Waals surface area contributed by atoms with Crippen molar-refractivity contribution in [2.75, 3.05) is 13.1 Å². The predicted molar refractivity (Wildman–Crippen MR) is 62.6 cm³/mol. The second kappa shape index (κ2) is 5.72. The van der Waals surface area contributed by atoms with E-state index in [1.807, 2.05) is 0 Å². The first-order valence-corrected chi connectivity index (χ1v) is 6.15. The van der Waals surface area contributed by atoms with Crippen molar-refractivity contribution in [1.82, 2.24) is 10.6 Å². The van der Waals surface area contributed by atoms with Gasteiger partial charge in [0.25, 0.3) is 0 Å². The molecule has 2 N–H and O–H groups in total. The van der Waals surface area contributed by atoms with Crippen molar-refractivity contribution < 1.29 is 0 Å². The summed E-state index contributed by atoms with van der Waals surface area (Å²) >= 11 is 0. The van der Waals surface area contributed by atoms with Crippen molar-refractivity contribution in [3.8, 4) is 0 Å². The summed E-state index contributed by atoms with van der Waals surface area (Å²) in [4.78, 5) is 0. The molecule has 0 saturated heterocycles. The molecule has 1 rings (SSSR count). The van der Waals surface area contributed by atoms with Gasteiger partial charge in [-0.1, -0.05) is 19.8 Å². The summed E-state index contributed by atoms with van der Waals surface area (Å²) in [6, 6.07) is 0.650. The van der Waals surface area contributed by atoms with Gasteiger partial charge in [-0.25, -0.2) is 0 Å².